The first-order valence-corrected chi connectivity index (χ1v) is 5.73. The molecule has 1 atom stereocenters. The zero-order valence-corrected chi connectivity index (χ0v) is 10.0. The van der Waals surface area contributed by atoms with E-state index in [4.69, 9.17) is 6.42 Å². The maximum absolute atomic E-state index is 5.29. The van der Waals surface area contributed by atoms with Gasteiger partial charge in [0.1, 0.15) is 0 Å². The van der Waals surface area contributed by atoms with Crippen molar-refractivity contribution in [1.82, 2.24) is 15.3 Å². The molecule has 1 unspecified atom stereocenters. The molecule has 1 N–H and O–H groups in total. The second kappa shape index (κ2) is 6.97. The normalized spacial score (nSPS) is 12.1. The largest absolute Gasteiger partial charge is 0.309 e. The third-order valence-corrected chi connectivity index (χ3v) is 2.38. The van der Waals surface area contributed by atoms with E-state index in [1.807, 2.05) is 13.1 Å². The summed E-state index contributed by atoms with van der Waals surface area (Å²) in [6.45, 7) is 5.06. The smallest absolute Gasteiger partial charge is 0.0756 e. The lowest BCUT2D eigenvalue weighted by atomic mass is 10.1. The van der Waals surface area contributed by atoms with Crippen LogP contribution in [0.15, 0.2) is 12.4 Å². The van der Waals surface area contributed by atoms with Gasteiger partial charge in [-0.15, -0.1) is 12.3 Å². The van der Waals surface area contributed by atoms with Gasteiger partial charge >= 0.3 is 0 Å². The first-order chi connectivity index (χ1) is 7.77. The molecule has 0 fully saturated rings. The summed E-state index contributed by atoms with van der Waals surface area (Å²) < 4.78 is 0. The van der Waals surface area contributed by atoms with Crippen LogP contribution in [0.4, 0.5) is 0 Å². The average Bonchev–Trinajstić information content (AvgIpc) is 2.31. The van der Waals surface area contributed by atoms with E-state index in [0.717, 1.165) is 37.2 Å². The third-order valence-electron chi connectivity index (χ3n) is 2.38. The van der Waals surface area contributed by atoms with E-state index in [1.54, 1.807) is 6.20 Å². The summed E-state index contributed by atoms with van der Waals surface area (Å²) in [6.07, 6.45) is 11.7. The summed E-state index contributed by atoms with van der Waals surface area (Å²) >= 11 is 0. The van der Waals surface area contributed by atoms with Crippen LogP contribution < -0.4 is 5.32 Å². The van der Waals surface area contributed by atoms with E-state index >= 15 is 0 Å². The highest BCUT2D eigenvalue weighted by Gasteiger charge is 2.11. The van der Waals surface area contributed by atoms with Crippen LogP contribution in [-0.4, -0.2) is 16.5 Å². The number of rotatable bonds is 6. The fourth-order valence-electron chi connectivity index (χ4n) is 1.48. The molecule has 0 aliphatic heterocycles. The lowest BCUT2D eigenvalue weighted by Crippen LogP contribution is -2.23. The Morgan fingerprint density at radius 3 is 2.81 bits per heavy atom. The maximum Gasteiger partial charge on any atom is 0.0756 e. The summed E-state index contributed by atoms with van der Waals surface area (Å²) in [7, 11) is 0. The number of terminal acetylenes is 1. The summed E-state index contributed by atoms with van der Waals surface area (Å²) in [4.78, 5) is 8.65. The van der Waals surface area contributed by atoms with Crippen LogP contribution in [-0.2, 0) is 0 Å². The zero-order valence-electron chi connectivity index (χ0n) is 10.0. The molecule has 1 aromatic heterocycles. The van der Waals surface area contributed by atoms with Gasteiger partial charge in [0, 0.05) is 12.6 Å². The molecule has 0 aromatic carbocycles. The standard InChI is InChI=1S/C13H19N3/c1-4-6-7-12(14-8-5-2)13-10-15-11(3)9-16-13/h1,9-10,12,14H,5-8H2,2-3H3. The Balaban J connectivity index is 2.67. The number of hydrogen-bond donors (Lipinski definition) is 1. The van der Waals surface area contributed by atoms with Gasteiger partial charge in [0.05, 0.1) is 23.6 Å². The Morgan fingerprint density at radius 1 is 1.44 bits per heavy atom. The number of nitrogens with zero attached hydrogens (tertiary/aromatic N) is 2. The van der Waals surface area contributed by atoms with E-state index in [1.165, 1.54) is 0 Å². The van der Waals surface area contributed by atoms with Crippen molar-refractivity contribution in [3.05, 3.63) is 23.8 Å². The van der Waals surface area contributed by atoms with Gasteiger partial charge in [0.15, 0.2) is 0 Å². The lowest BCUT2D eigenvalue weighted by Gasteiger charge is -2.16. The Kier molecular flexibility index (Phi) is 5.52. The summed E-state index contributed by atoms with van der Waals surface area (Å²) in [5.74, 6) is 2.67. The highest BCUT2D eigenvalue weighted by Crippen LogP contribution is 2.15. The van der Waals surface area contributed by atoms with Crippen LogP contribution in [0, 0.1) is 19.3 Å². The first kappa shape index (κ1) is 12.7. The van der Waals surface area contributed by atoms with Gasteiger partial charge in [-0.2, -0.15) is 0 Å². The molecular formula is C13H19N3. The van der Waals surface area contributed by atoms with Crippen molar-refractivity contribution in [2.75, 3.05) is 6.54 Å². The Hall–Kier alpha value is -1.40. The predicted octanol–water partition coefficient (Wildman–Crippen LogP) is 2.24. The summed E-state index contributed by atoms with van der Waals surface area (Å²) in [6, 6.07) is 0.226. The Labute approximate surface area is 97.7 Å². The maximum atomic E-state index is 5.29. The SMILES string of the molecule is C#CCCC(NCCC)c1cnc(C)cn1. The molecule has 16 heavy (non-hydrogen) atoms. The first-order valence-electron chi connectivity index (χ1n) is 5.73. The molecule has 0 spiro atoms. The number of aryl methyl sites for hydroxylation is 1. The van der Waals surface area contributed by atoms with Crippen molar-refractivity contribution in [3.63, 3.8) is 0 Å². The summed E-state index contributed by atoms with van der Waals surface area (Å²) in [5, 5.41) is 3.44. The van der Waals surface area contributed by atoms with Gasteiger partial charge in [-0.25, -0.2) is 0 Å². The van der Waals surface area contributed by atoms with E-state index in [9.17, 15) is 0 Å². The quantitative estimate of drug-likeness (QED) is 0.743. The van der Waals surface area contributed by atoms with Crippen molar-refractivity contribution in [1.29, 1.82) is 0 Å². The van der Waals surface area contributed by atoms with Crippen molar-refractivity contribution >= 4 is 0 Å². The average molecular weight is 217 g/mol. The topological polar surface area (TPSA) is 37.8 Å². The minimum atomic E-state index is 0.226. The number of aromatic nitrogens is 2. The molecule has 0 saturated heterocycles. The monoisotopic (exact) mass is 217 g/mol. The third kappa shape index (κ3) is 4.00. The van der Waals surface area contributed by atoms with Crippen LogP contribution in [0.3, 0.4) is 0 Å². The molecule has 86 valence electrons. The van der Waals surface area contributed by atoms with Crippen LogP contribution >= 0.6 is 0 Å². The van der Waals surface area contributed by atoms with Gasteiger partial charge in [-0.1, -0.05) is 6.92 Å². The minimum absolute atomic E-state index is 0.226. The Bertz CT molecular complexity index is 337. The van der Waals surface area contributed by atoms with Gasteiger partial charge in [0.25, 0.3) is 0 Å². The molecule has 1 aromatic rings. The van der Waals surface area contributed by atoms with Crippen molar-refractivity contribution in [3.8, 4) is 12.3 Å². The number of hydrogen-bond acceptors (Lipinski definition) is 3. The van der Waals surface area contributed by atoms with Crippen LogP contribution in [0.25, 0.3) is 0 Å². The second-order valence-electron chi connectivity index (χ2n) is 3.83. The van der Waals surface area contributed by atoms with Gasteiger partial charge in [-0.05, 0) is 26.3 Å². The fraction of sp³-hybridized carbons (Fsp3) is 0.538. The molecule has 0 aliphatic rings. The second-order valence-corrected chi connectivity index (χ2v) is 3.83. The van der Waals surface area contributed by atoms with Crippen LogP contribution in [0.1, 0.15) is 43.6 Å². The van der Waals surface area contributed by atoms with E-state index in [-0.39, 0.29) is 6.04 Å². The minimum Gasteiger partial charge on any atom is -0.309 e. The highest BCUT2D eigenvalue weighted by atomic mass is 14.9. The van der Waals surface area contributed by atoms with Gasteiger partial charge in [0.2, 0.25) is 0 Å². The highest BCUT2D eigenvalue weighted by molar-refractivity contribution is 5.06. The molecule has 0 saturated carbocycles. The number of nitrogens with one attached hydrogen (secondary N) is 1. The molecular weight excluding hydrogens is 198 g/mol. The van der Waals surface area contributed by atoms with Crippen molar-refractivity contribution in [2.24, 2.45) is 0 Å². The molecule has 0 radical (unpaired) electrons. The van der Waals surface area contributed by atoms with E-state index in [0.29, 0.717) is 0 Å². The van der Waals surface area contributed by atoms with Crippen LogP contribution in [0.5, 0.6) is 0 Å². The molecule has 3 nitrogen and oxygen atoms in total. The van der Waals surface area contributed by atoms with Gasteiger partial charge < -0.3 is 5.32 Å². The van der Waals surface area contributed by atoms with E-state index in [2.05, 4.69) is 28.1 Å². The molecule has 0 aliphatic carbocycles. The lowest BCUT2D eigenvalue weighted by molar-refractivity contribution is 0.493. The zero-order chi connectivity index (χ0) is 11.8. The van der Waals surface area contributed by atoms with Crippen molar-refractivity contribution in [2.45, 2.75) is 39.2 Å². The molecule has 3 heteroatoms. The fourth-order valence-corrected chi connectivity index (χ4v) is 1.48. The molecule has 0 bridgehead atoms. The van der Waals surface area contributed by atoms with Gasteiger partial charge in [-0.3, -0.25) is 9.97 Å². The predicted molar refractivity (Wildman–Crippen MR) is 65.9 cm³/mol. The molecule has 1 heterocycles. The van der Waals surface area contributed by atoms with Crippen LogP contribution in [0.2, 0.25) is 0 Å². The van der Waals surface area contributed by atoms with Crippen molar-refractivity contribution < 1.29 is 0 Å². The molecule has 0 amide bonds. The Morgan fingerprint density at radius 2 is 2.25 bits per heavy atom. The van der Waals surface area contributed by atoms with E-state index < -0.39 is 0 Å². The molecule has 1 rings (SSSR count). The summed E-state index contributed by atoms with van der Waals surface area (Å²) in [5.41, 5.74) is 1.92.